The molecule has 0 saturated carbocycles. The zero-order chi connectivity index (χ0) is 20.3. The predicted molar refractivity (Wildman–Crippen MR) is 111 cm³/mol. The molecule has 1 aromatic heterocycles. The number of benzene rings is 1. The van der Waals surface area contributed by atoms with Gasteiger partial charge in [0.25, 0.3) is 0 Å². The third-order valence-corrected chi connectivity index (χ3v) is 5.59. The van der Waals surface area contributed by atoms with E-state index in [0.717, 1.165) is 5.56 Å². The number of carbonyl (C=O) groups is 2. The van der Waals surface area contributed by atoms with E-state index in [1.807, 2.05) is 39.0 Å². The SMILES string of the molecule is CC(C)(C)NC(=O)C1CSCN1C(=O)CCc1ncc(-c2ccccc2Cl)o1. The molecule has 1 N–H and O–H groups in total. The van der Waals surface area contributed by atoms with Crippen LogP contribution in [0.4, 0.5) is 0 Å². The second-order valence-electron chi connectivity index (χ2n) is 7.72. The minimum absolute atomic E-state index is 0.0726. The Morgan fingerprint density at radius 3 is 2.82 bits per heavy atom. The number of rotatable bonds is 5. The molecule has 2 heterocycles. The highest BCUT2D eigenvalue weighted by atomic mass is 35.5. The Morgan fingerprint density at radius 2 is 2.11 bits per heavy atom. The fourth-order valence-corrected chi connectivity index (χ4v) is 4.34. The monoisotopic (exact) mass is 421 g/mol. The Hall–Kier alpha value is -1.99. The van der Waals surface area contributed by atoms with E-state index in [9.17, 15) is 9.59 Å². The molecule has 28 heavy (non-hydrogen) atoms. The van der Waals surface area contributed by atoms with Gasteiger partial charge in [-0.1, -0.05) is 23.7 Å². The number of aromatic nitrogens is 1. The van der Waals surface area contributed by atoms with E-state index in [4.69, 9.17) is 16.0 Å². The topological polar surface area (TPSA) is 75.4 Å². The zero-order valence-electron chi connectivity index (χ0n) is 16.2. The minimum Gasteiger partial charge on any atom is -0.441 e. The summed E-state index contributed by atoms with van der Waals surface area (Å²) in [4.78, 5) is 31.0. The third kappa shape index (κ3) is 5.08. The van der Waals surface area contributed by atoms with Crippen molar-refractivity contribution >= 4 is 35.2 Å². The van der Waals surface area contributed by atoms with Crippen molar-refractivity contribution in [2.45, 2.75) is 45.2 Å². The molecule has 0 spiro atoms. The van der Waals surface area contributed by atoms with Gasteiger partial charge in [0, 0.05) is 29.7 Å². The molecular formula is C20H24ClN3O3S. The van der Waals surface area contributed by atoms with Crippen molar-refractivity contribution in [2.24, 2.45) is 0 Å². The molecule has 1 unspecified atom stereocenters. The number of thioether (sulfide) groups is 1. The number of aryl methyl sites for hydroxylation is 1. The lowest BCUT2D eigenvalue weighted by molar-refractivity contribution is -0.138. The van der Waals surface area contributed by atoms with Crippen LogP contribution in [0.2, 0.25) is 5.02 Å². The highest BCUT2D eigenvalue weighted by molar-refractivity contribution is 7.99. The summed E-state index contributed by atoms with van der Waals surface area (Å²) in [6.07, 6.45) is 2.23. The number of halogens is 1. The second kappa shape index (κ2) is 8.57. The first-order chi connectivity index (χ1) is 13.2. The largest absolute Gasteiger partial charge is 0.441 e. The average molecular weight is 422 g/mol. The summed E-state index contributed by atoms with van der Waals surface area (Å²) >= 11 is 7.77. The van der Waals surface area contributed by atoms with Gasteiger partial charge in [-0.25, -0.2) is 4.98 Å². The van der Waals surface area contributed by atoms with Gasteiger partial charge in [0.15, 0.2) is 11.7 Å². The van der Waals surface area contributed by atoms with Crippen LogP contribution in [0.25, 0.3) is 11.3 Å². The first kappa shape index (κ1) is 20.7. The van der Waals surface area contributed by atoms with Crippen molar-refractivity contribution in [3.8, 4) is 11.3 Å². The van der Waals surface area contributed by atoms with Gasteiger partial charge >= 0.3 is 0 Å². The van der Waals surface area contributed by atoms with E-state index in [-0.39, 0.29) is 23.8 Å². The summed E-state index contributed by atoms with van der Waals surface area (Å²) in [7, 11) is 0. The fraction of sp³-hybridized carbons (Fsp3) is 0.450. The van der Waals surface area contributed by atoms with E-state index in [1.165, 1.54) is 0 Å². The molecule has 2 amide bonds. The highest BCUT2D eigenvalue weighted by Crippen LogP contribution is 2.28. The molecule has 3 rings (SSSR count). The lowest BCUT2D eigenvalue weighted by Crippen LogP contribution is -2.52. The molecule has 1 aliphatic rings. The van der Waals surface area contributed by atoms with Crippen LogP contribution in [0, 0.1) is 0 Å². The van der Waals surface area contributed by atoms with Gasteiger partial charge in [-0.2, -0.15) is 0 Å². The number of hydrogen-bond acceptors (Lipinski definition) is 5. The molecule has 1 saturated heterocycles. The molecule has 1 atom stereocenters. The molecule has 0 radical (unpaired) electrons. The van der Waals surface area contributed by atoms with Crippen molar-refractivity contribution in [1.82, 2.24) is 15.2 Å². The summed E-state index contributed by atoms with van der Waals surface area (Å²) in [6, 6.07) is 6.94. The van der Waals surface area contributed by atoms with Gasteiger partial charge in [0.2, 0.25) is 11.8 Å². The highest BCUT2D eigenvalue weighted by Gasteiger charge is 2.35. The summed E-state index contributed by atoms with van der Waals surface area (Å²) in [5, 5.41) is 3.54. The molecule has 150 valence electrons. The maximum Gasteiger partial charge on any atom is 0.244 e. The maximum atomic E-state index is 12.7. The van der Waals surface area contributed by atoms with Crippen molar-refractivity contribution in [3.63, 3.8) is 0 Å². The molecule has 0 bridgehead atoms. The number of nitrogens with zero attached hydrogens (tertiary/aromatic N) is 2. The summed E-state index contributed by atoms with van der Waals surface area (Å²) in [5.74, 6) is 2.01. The average Bonchev–Trinajstić information content (AvgIpc) is 3.28. The minimum atomic E-state index is -0.431. The van der Waals surface area contributed by atoms with Crippen molar-refractivity contribution in [1.29, 1.82) is 0 Å². The van der Waals surface area contributed by atoms with Gasteiger partial charge in [0.1, 0.15) is 6.04 Å². The normalized spacial score (nSPS) is 17.0. The molecular weight excluding hydrogens is 398 g/mol. The van der Waals surface area contributed by atoms with Crippen molar-refractivity contribution in [3.05, 3.63) is 41.4 Å². The molecule has 1 aromatic carbocycles. The van der Waals surface area contributed by atoms with Crippen LogP contribution in [-0.2, 0) is 16.0 Å². The van der Waals surface area contributed by atoms with Crippen LogP contribution in [-0.4, -0.2) is 44.9 Å². The quantitative estimate of drug-likeness (QED) is 0.795. The van der Waals surface area contributed by atoms with Crippen molar-refractivity contribution < 1.29 is 14.0 Å². The molecule has 6 nitrogen and oxygen atoms in total. The number of oxazole rings is 1. The van der Waals surface area contributed by atoms with E-state index >= 15 is 0 Å². The molecule has 1 fully saturated rings. The fourth-order valence-electron chi connectivity index (χ4n) is 2.93. The lowest BCUT2D eigenvalue weighted by Gasteiger charge is -2.27. The Kier molecular flexibility index (Phi) is 6.35. The lowest BCUT2D eigenvalue weighted by atomic mass is 10.1. The van der Waals surface area contributed by atoms with Crippen LogP contribution in [0.15, 0.2) is 34.9 Å². The van der Waals surface area contributed by atoms with Gasteiger partial charge in [-0.3, -0.25) is 9.59 Å². The smallest absolute Gasteiger partial charge is 0.244 e. The number of carbonyl (C=O) groups excluding carboxylic acids is 2. The maximum absolute atomic E-state index is 12.7. The van der Waals surface area contributed by atoms with Crippen molar-refractivity contribution in [2.75, 3.05) is 11.6 Å². The van der Waals surface area contributed by atoms with E-state index in [0.29, 0.717) is 34.7 Å². The second-order valence-corrected chi connectivity index (χ2v) is 9.12. The Balaban J connectivity index is 1.60. The van der Waals surface area contributed by atoms with E-state index in [1.54, 1.807) is 28.9 Å². The van der Waals surface area contributed by atoms with Crippen LogP contribution >= 0.6 is 23.4 Å². The zero-order valence-corrected chi connectivity index (χ0v) is 17.8. The van der Waals surface area contributed by atoms with Crippen LogP contribution in [0.1, 0.15) is 33.1 Å². The van der Waals surface area contributed by atoms with E-state index in [2.05, 4.69) is 10.3 Å². The summed E-state index contributed by atoms with van der Waals surface area (Å²) in [5.41, 5.74) is 0.441. The Labute approximate surface area is 174 Å². The predicted octanol–water partition coefficient (Wildman–Crippen LogP) is 3.74. The van der Waals surface area contributed by atoms with Gasteiger partial charge in [-0.05, 0) is 32.9 Å². The molecule has 1 aliphatic heterocycles. The van der Waals surface area contributed by atoms with Crippen LogP contribution in [0.5, 0.6) is 0 Å². The van der Waals surface area contributed by atoms with Crippen LogP contribution in [0.3, 0.4) is 0 Å². The van der Waals surface area contributed by atoms with Gasteiger partial charge < -0.3 is 14.6 Å². The first-order valence-corrected chi connectivity index (χ1v) is 10.7. The first-order valence-electron chi connectivity index (χ1n) is 9.13. The number of amides is 2. The number of nitrogens with one attached hydrogen (secondary N) is 1. The Bertz CT molecular complexity index is 862. The number of hydrogen-bond donors (Lipinski definition) is 1. The van der Waals surface area contributed by atoms with Crippen LogP contribution < -0.4 is 5.32 Å². The molecule has 0 aliphatic carbocycles. The Morgan fingerprint density at radius 1 is 1.36 bits per heavy atom. The van der Waals surface area contributed by atoms with Gasteiger partial charge in [-0.15, -0.1) is 11.8 Å². The molecule has 8 heteroatoms. The standard InChI is InChI=1S/C20H24ClN3O3S/c1-20(2,3)23-19(26)15-11-28-12-24(15)18(25)9-8-17-22-10-16(27-17)13-6-4-5-7-14(13)21/h4-7,10,15H,8-9,11-12H2,1-3H3,(H,23,26). The summed E-state index contributed by atoms with van der Waals surface area (Å²) < 4.78 is 5.75. The third-order valence-electron chi connectivity index (χ3n) is 4.25. The molecule has 2 aromatic rings. The summed E-state index contributed by atoms with van der Waals surface area (Å²) in [6.45, 7) is 5.79. The van der Waals surface area contributed by atoms with E-state index < -0.39 is 6.04 Å². The van der Waals surface area contributed by atoms with Gasteiger partial charge in [0.05, 0.1) is 17.1 Å².